The molecule has 0 aliphatic carbocycles. The molecule has 0 N–H and O–H groups in total. The fourth-order valence-corrected chi connectivity index (χ4v) is 1.78. The van der Waals surface area contributed by atoms with Gasteiger partial charge in [-0.25, -0.2) is 0 Å². The second kappa shape index (κ2) is 15.4. The van der Waals surface area contributed by atoms with Crippen molar-refractivity contribution < 1.29 is 14.3 Å². The highest BCUT2D eigenvalue weighted by atomic mass is 79.9. The van der Waals surface area contributed by atoms with Gasteiger partial charge in [0.2, 0.25) is 0 Å². The Morgan fingerprint density at radius 2 is 1.71 bits per heavy atom. The van der Waals surface area contributed by atoms with Gasteiger partial charge in [0.25, 0.3) is 0 Å². The molecule has 3 nitrogen and oxygen atoms in total. The van der Waals surface area contributed by atoms with Crippen molar-refractivity contribution in [3.05, 3.63) is 47.5 Å². The summed E-state index contributed by atoms with van der Waals surface area (Å²) in [6, 6.07) is 7.45. The van der Waals surface area contributed by atoms with Gasteiger partial charge in [0.1, 0.15) is 0 Å². The lowest BCUT2D eigenvalue weighted by Crippen LogP contribution is -2.11. The third-order valence-corrected chi connectivity index (χ3v) is 2.76. The first-order valence-electron chi connectivity index (χ1n) is 7.07. The van der Waals surface area contributed by atoms with E-state index >= 15 is 0 Å². The number of benzene rings is 1. The molecule has 0 bridgehead atoms. The van der Waals surface area contributed by atoms with Gasteiger partial charge >= 0.3 is 0 Å². The van der Waals surface area contributed by atoms with Crippen LogP contribution in [0.5, 0.6) is 0 Å². The number of ketones is 1. The topological polar surface area (TPSA) is 35.5 Å². The van der Waals surface area contributed by atoms with Crippen molar-refractivity contribution in [1.29, 1.82) is 0 Å². The Balaban J connectivity index is 0. The summed E-state index contributed by atoms with van der Waals surface area (Å²) in [7, 11) is 0. The van der Waals surface area contributed by atoms with E-state index in [0.29, 0.717) is 6.42 Å². The number of Topliss-reactive ketones (excluding diaryl/α,β-unsaturated/α-hetero) is 1. The molecule has 0 aliphatic rings. The van der Waals surface area contributed by atoms with Crippen LogP contribution in [0.4, 0.5) is 0 Å². The predicted molar refractivity (Wildman–Crippen MR) is 92.7 cm³/mol. The largest absolute Gasteiger partial charge is 0.353 e. The molecule has 0 unspecified atom stereocenters. The lowest BCUT2D eigenvalue weighted by atomic mass is 10.1. The molecular weight excluding hydrogens is 332 g/mol. The molecule has 21 heavy (non-hydrogen) atoms. The average molecular weight is 359 g/mol. The Kier molecular flexibility index (Phi) is 16.4. The molecule has 120 valence electrons. The van der Waals surface area contributed by atoms with E-state index in [1.54, 1.807) is 0 Å². The summed E-state index contributed by atoms with van der Waals surface area (Å²) in [4.78, 5) is 11.1. The van der Waals surface area contributed by atoms with Crippen molar-refractivity contribution in [1.82, 2.24) is 0 Å². The number of halogens is 1. The maximum Gasteiger partial charge on any atom is 0.162 e. The van der Waals surface area contributed by atoms with Crippen molar-refractivity contribution in [2.24, 2.45) is 0 Å². The van der Waals surface area contributed by atoms with Crippen LogP contribution in [0, 0.1) is 0 Å². The molecule has 0 aliphatic heterocycles. The number of ether oxygens (including phenoxy) is 2. The zero-order chi connectivity index (χ0) is 16.7. The molecule has 1 rings (SSSR count). The first-order chi connectivity index (χ1) is 10.0. The summed E-state index contributed by atoms with van der Waals surface area (Å²) < 4.78 is 11.1. The highest BCUT2D eigenvalue weighted by molar-refractivity contribution is 9.10. The molecule has 0 aromatic heterocycles. The van der Waals surface area contributed by atoms with E-state index in [2.05, 4.69) is 29.1 Å². The molecule has 0 atom stereocenters. The fraction of sp³-hybridized carbons (Fsp3) is 0.471. The number of hydrogen-bond donors (Lipinski definition) is 0. The van der Waals surface area contributed by atoms with Gasteiger partial charge in [0, 0.05) is 29.7 Å². The Morgan fingerprint density at radius 3 is 2.10 bits per heavy atom. The number of hydrogen-bond acceptors (Lipinski definition) is 3. The van der Waals surface area contributed by atoms with E-state index in [0.717, 1.165) is 23.2 Å². The lowest BCUT2D eigenvalue weighted by molar-refractivity contribution is -0.123. The minimum absolute atomic E-state index is 0.0370. The van der Waals surface area contributed by atoms with E-state index in [9.17, 15) is 4.79 Å². The Morgan fingerprint density at radius 1 is 1.19 bits per heavy atom. The number of carbonyl (C=O) groups is 1. The monoisotopic (exact) mass is 358 g/mol. The maximum absolute atomic E-state index is 11.1. The highest BCUT2D eigenvalue weighted by Gasteiger charge is 2.01. The van der Waals surface area contributed by atoms with E-state index in [4.69, 9.17) is 9.47 Å². The van der Waals surface area contributed by atoms with Crippen molar-refractivity contribution in [3.63, 3.8) is 0 Å². The van der Waals surface area contributed by atoms with E-state index in [1.807, 2.05) is 52.0 Å². The highest BCUT2D eigenvalue weighted by Crippen LogP contribution is 2.12. The summed E-state index contributed by atoms with van der Waals surface area (Å²) in [6.07, 6.45) is 0.529. The minimum Gasteiger partial charge on any atom is -0.353 e. The molecular formula is C17H27BrO3. The van der Waals surface area contributed by atoms with Gasteiger partial charge in [-0.15, -0.1) is 13.2 Å². The maximum atomic E-state index is 11.1. The zero-order valence-electron chi connectivity index (χ0n) is 13.5. The summed E-state index contributed by atoms with van der Waals surface area (Å²) >= 11 is 3.31. The van der Waals surface area contributed by atoms with Gasteiger partial charge < -0.3 is 9.47 Å². The van der Waals surface area contributed by atoms with Gasteiger partial charge in [-0.1, -0.05) is 35.0 Å². The lowest BCUT2D eigenvalue weighted by Gasteiger charge is -2.09. The smallest absolute Gasteiger partial charge is 0.162 e. The number of carbonyl (C=O) groups excluding carboxylic acids is 1. The second-order valence-electron chi connectivity index (χ2n) is 3.77. The molecule has 0 spiro atoms. The molecule has 0 saturated carbocycles. The van der Waals surface area contributed by atoms with Crippen LogP contribution < -0.4 is 0 Å². The predicted octanol–water partition coefficient (Wildman–Crippen LogP) is 5.25. The molecule has 0 fully saturated rings. The summed E-state index contributed by atoms with van der Waals surface area (Å²) in [5.41, 5.74) is 0.780. The van der Waals surface area contributed by atoms with Crippen LogP contribution in [0.1, 0.15) is 44.5 Å². The van der Waals surface area contributed by atoms with Crippen LogP contribution in [0.15, 0.2) is 41.9 Å². The SMILES string of the molecule is C=C.CCC(=O)c1cccc(Br)c1.CCOC(C)OCC. The fourth-order valence-electron chi connectivity index (χ4n) is 1.38. The average Bonchev–Trinajstić information content (AvgIpc) is 2.49. The quantitative estimate of drug-likeness (QED) is 0.395. The molecule has 0 amide bonds. The van der Waals surface area contributed by atoms with Crippen LogP contribution in [0.3, 0.4) is 0 Å². The third-order valence-electron chi connectivity index (χ3n) is 2.27. The van der Waals surface area contributed by atoms with Gasteiger partial charge in [-0.05, 0) is 32.9 Å². The van der Waals surface area contributed by atoms with Crippen LogP contribution in [0.2, 0.25) is 0 Å². The van der Waals surface area contributed by atoms with Crippen LogP contribution in [-0.2, 0) is 9.47 Å². The van der Waals surface area contributed by atoms with E-state index < -0.39 is 0 Å². The van der Waals surface area contributed by atoms with Crippen molar-refractivity contribution >= 4 is 21.7 Å². The molecule has 1 aromatic carbocycles. The molecule has 0 radical (unpaired) electrons. The van der Waals surface area contributed by atoms with Crippen LogP contribution in [0.25, 0.3) is 0 Å². The van der Waals surface area contributed by atoms with Crippen molar-refractivity contribution in [3.8, 4) is 0 Å². The first-order valence-corrected chi connectivity index (χ1v) is 7.86. The normalized spacial score (nSPS) is 9.24. The standard InChI is InChI=1S/C9H9BrO.C6H14O2.C2H4/c1-2-9(11)7-4-3-5-8(10)6-7;1-4-7-6(3)8-5-2;1-2/h3-6H,2H2,1H3;6H,4-5H2,1-3H3;1-2H2. The van der Waals surface area contributed by atoms with Crippen LogP contribution >= 0.6 is 15.9 Å². The molecule has 0 saturated heterocycles. The van der Waals surface area contributed by atoms with Gasteiger partial charge in [-0.3, -0.25) is 4.79 Å². The van der Waals surface area contributed by atoms with Crippen molar-refractivity contribution in [2.75, 3.05) is 13.2 Å². The minimum atomic E-state index is -0.0370. The molecule has 1 aromatic rings. The van der Waals surface area contributed by atoms with Gasteiger partial charge in [0.05, 0.1) is 0 Å². The first kappa shape index (κ1) is 22.3. The summed E-state index contributed by atoms with van der Waals surface area (Å²) in [5.74, 6) is 0.186. The molecule has 4 heteroatoms. The Bertz CT molecular complexity index is 374. The van der Waals surface area contributed by atoms with Crippen molar-refractivity contribution in [2.45, 2.75) is 40.4 Å². The van der Waals surface area contributed by atoms with Gasteiger partial charge in [0.15, 0.2) is 12.1 Å². The number of rotatable bonds is 6. The third kappa shape index (κ3) is 12.5. The second-order valence-corrected chi connectivity index (χ2v) is 4.68. The Labute approximate surface area is 137 Å². The summed E-state index contributed by atoms with van der Waals surface area (Å²) in [6.45, 7) is 15.1. The Hall–Kier alpha value is -0.970. The van der Waals surface area contributed by atoms with E-state index in [1.165, 1.54) is 0 Å². The van der Waals surface area contributed by atoms with Gasteiger partial charge in [-0.2, -0.15) is 0 Å². The summed E-state index contributed by atoms with van der Waals surface area (Å²) in [5, 5.41) is 0. The zero-order valence-corrected chi connectivity index (χ0v) is 15.1. The van der Waals surface area contributed by atoms with E-state index in [-0.39, 0.29) is 12.1 Å². The van der Waals surface area contributed by atoms with Crippen LogP contribution in [-0.4, -0.2) is 25.3 Å². The molecule has 0 heterocycles.